The van der Waals surface area contributed by atoms with E-state index in [-0.39, 0.29) is 0 Å². The fourth-order valence-corrected chi connectivity index (χ4v) is 4.01. The van der Waals surface area contributed by atoms with Crippen LogP contribution >= 0.6 is 0 Å². The molecule has 0 amide bonds. The average molecular weight is 325 g/mol. The molecule has 3 atom stereocenters. The smallest absolute Gasteiger partial charge is 0.131 e. The minimum Gasteiger partial charge on any atom is -0.496 e. The van der Waals surface area contributed by atoms with Gasteiger partial charge in [-0.3, -0.25) is 0 Å². The molecule has 0 spiro atoms. The zero-order chi connectivity index (χ0) is 16.7. The first-order chi connectivity index (χ1) is 11.6. The average Bonchev–Trinajstić information content (AvgIpc) is 3.13. The maximum atomic E-state index is 6.26. The molecule has 1 aromatic carbocycles. The van der Waals surface area contributed by atoms with Crippen LogP contribution in [0.1, 0.15) is 12.8 Å². The molecular weight excluding hydrogens is 302 g/mol. The molecule has 5 heteroatoms. The molecule has 24 heavy (non-hydrogen) atoms. The Balaban J connectivity index is 1.56. The second kappa shape index (κ2) is 5.98. The van der Waals surface area contributed by atoms with Crippen molar-refractivity contribution in [3.05, 3.63) is 36.4 Å². The van der Waals surface area contributed by atoms with Crippen LogP contribution in [0.5, 0.6) is 11.5 Å². The number of aromatic nitrogens is 1. The van der Waals surface area contributed by atoms with Crippen LogP contribution in [0, 0.1) is 5.92 Å². The molecule has 2 aliphatic rings. The van der Waals surface area contributed by atoms with Gasteiger partial charge in [0.05, 0.1) is 12.8 Å². The van der Waals surface area contributed by atoms with Crippen LogP contribution in [-0.4, -0.2) is 42.7 Å². The number of fused-ring (bicyclic) bond motifs is 2. The van der Waals surface area contributed by atoms with Crippen LogP contribution < -0.4 is 15.2 Å². The summed E-state index contributed by atoms with van der Waals surface area (Å²) < 4.78 is 11.8. The lowest BCUT2D eigenvalue weighted by Crippen LogP contribution is -2.37. The van der Waals surface area contributed by atoms with Gasteiger partial charge in [0.1, 0.15) is 23.4 Å². The standard InChI is InChI=1S/C19H23N3O2/c1-22-11-12-8-13(22)9-17(12)24-14-6-7-15(18(10-14)23-2)16-4-3-5-19(20)21-16/h3-7,10,12-13,17H,8-9,11H2,1-2H3,(H2,20,21). The van der Waals surface area contributed by atoms with E-state index in [2.05, 4.69) is 16.9 Å². The Morgan fingerprint density at radius 3 is 2.75 bits per heavy atom. The summed E-state index contributed by atoms with van der Waals surface area (Å²) in [7, 11) is 3.87. The topological polar surface area (TPSA) is 60.6 Å². The summed E-state index contributed by atoms with van der Waals surface area (Å²) in [5.74, 6) is 2.76. The highest BCUT2D eigenvalue weighted by atomic mass is 16.5. The molecule has 126 valence electrons. The van der Waals surface area contributed by atoms with Gasteiger partial charge < -0.3 is 20.1 Å². The van der Waals surface area contributed by atoms with E-state index in [1.807, 2.05) is 30.3 Å². The third-order valence-corrected chi connectivity index (χ3v) is 5.26. The zero-order valence-electron chi connectivity index (χ0n) is 14.1. The van der Waals surface area contributed by atoms with Gasteiger partial charge in [-0.05, 0) is 37.7 Å². The van der Waals surface area contributed by atoms with Crippen molar-refractivity contribution >= 4 is 5.82 Å². The Morgan fingerprint density at radius 2 is 2.08 bits per heavy atom. The Kier molecular flexibility index (Phi) is 3.81. The molecule has 1 aliphatic heterocycles. The number of methoxy groups -OCH3 is 1. The van der Waals surface area contributed by atoms with E-state index in [0.29, 0.717) is 23.9 Å². The van der Waals surface area contributed by atoms with Crippen LogP contribution in [0.15, 0.2) is 36.4 Å². The maximum absolute atomic E-state index is 6.26. The van der Waals surface area contributed by atoms with Gasteiger partial charge in [0.15, 0.2) is 0 Å². The number of likely N-dealkylation sites (tertiary alicyclic amines) is 1. The second-order valence-electron chi connectivity index (χ2n) is 6.79. The Hall–Kier alpha value is -2.27. The first-order valence-electron chi connectivity index (χ1n) is 8.42. The van der Waals surface area contributed by atoms with E-state index in [0.717, 1.165) is 35.7 Å². The lowest BCUT2D eigenvalue weighted by molar-refractivity contribution is 0.105. The number of hydrogen-bond acceptors (Lipinski definition) is 5. The van der Waals surface area contributed by atoms with Crippen molar-refractivity contribution in [1.29, 1.82) is 0 Å². The number of benzene rings is 1. The molecule has 5 nitrogen and oxygen atoms in total. The van der Waals surface area contributed by atoms with Gasteiger partial charge in [-0.15, -0.1) is 0 Å². The quantitative estimate of drug-likeness (QED) is 0.936. The van der Waals surface area contributed by atoms with Gasteiger partial charge >= 0.3 is 0 Å². The molecule has 2 bridgehead atoms. The highest BCUT2D eigenvalue weighted by Crippen LogP contribution is 2.40. The maximum Gasteiger partial charge on any atom is 0.131 e. The predicted molar refractivity (Wildman–Crippen MR) is 94.2 cm³/mol. The molecule has 1 aliphatic carbocycles. The molecule has 2 N–H and O–H groups in total. The number of nitrogens with zero attached hydrogens (tertiary/aromatic N) is 2. The molecule has 3 unspecified atom stereocenters. The lowest BCUT2D eigenvalue weighted by Gasteiger charge is -2.29. The van der Waals surface area contributed by atoms with Crippen molar-refractivity contribution in [2.75, 3.05) is 26.4 Å². The van der Waals surface area contributed by atoms with Crippen molar-refractivity contribution in [1.82, 2.24) is 9.88 Å². The highest BCUT2D eigenvalue weighted by molar-refractivity contribution is 5.69. The third kappa shape index (κ3) is 2.69. The SMILES string of the molecule is COc1cc(OC2CC3CC2CN3C)ccc1-c1cccc(N)n1. The van der Waals surface area contributed by atoms with Crippen LogP contribution in [0.3, 0.4) is 0 Å². The van der Waals surface area contributed by atoms with Crippen LogP contribution in [0.2, 0.25) is 0 Å². The fraction of sp³-hybridized carbons (Fsp3) is 0.421. The number of rotatable bonds is 4. The second-order valence-corrected chi connectivity index (χ2v) is 6.79. The van der Waals surface area contributed by atoms with Gasteiger partial charge in [-0.2, -0.15) is 0 Å². The summed E-state index contributed by atoms with van der Waals surface area (Å²) in [6.45, 7) is 1.14. The van der Waals surface area contributed by atoms with Gasteiger partial charge in [0.2, 0.25) is 0 Å². The van der Waals surface area contributed by atoms with Crippen LogP contribution in [0.25, 0.3) is 11.3 Å². The monoisotopic (exact) mass is 325 g/mol. The van der Waals surface area contributed by atoms with E-state index in [1.165, 1.54) is 6.42 Å². The van der Waals surface area contributed by atoms with Crippen molar-refractivity contribution in [2.24, 2.45) is 5.92 Å². The summed E-state index contributed by atoms with van der Waals surface area (Å²) in [5, 5.41) is 0. The molecule has 1 saturated carbocycles. The number of pyridine rings is 1. The van der Waals surface area contributed by atoms with Crippen LogP contribution in [0.4, 0.5) is 5.82 Å². The minimum absolute atomic E-state index is 0.312. The van der Waals surface area contributed by atoms with Crippen molar-refractivity contribution < 1.29 is 9.47 Å². The Bertz CT molecular complexity index is 747. The molecule has 1 aromatic heterocycles. The summed E-state index contributed by atoms with van der Waals surface area (Å²) in [6.07, 6.45) is 2.68. The molecular formula is C19H23N3O2. The van der Waals surface area contributed by atoms with E-state index in [4.69, 9.17) is 15.2 Å². The summed E-state index contributed by atoms with van der Waals surface area (Å²) in [6, 6.07) is 12.2. The van der Waals surface area contributed by atoms with Crippen molar-refractivity contribution in [2.45, 2.75) is 25.0 Å². The number of ether oxygens (including phenoxy) is 2. The third-order valence-electron chi connectivity index (χ3n) is 5.26. The van der Waals surface area contributed by atoms with E-state index < -0.39 is 0 Å². The summed E-state index contributed by atoms with van der Waals surface area (Å²) in [4.78, 5) is 6.82. The first-order valence-corrected chi connectivity index (χ1v) is 8.42. The van der Waals surface area contributed by atoms with Gasteiger partial charge in [-0.25, -0.2) is 4.98 Å². The predicted octanol–water partition coefficient (Wildman–Crippen LogP) is 2.81. The Labute approximate surface area is 142 Å². The summed E-state index contributed by atoms with van der Waals surface area (Å²) in [5.41, 5.74) is 7.52. The fourth-order valence-electron chi connectivity index (χ4n) is 4.01. The number of hydrogen-bond donors (Lipinski definition) is 1. The largest absolute Gasteiger partial charge is 0.496 e. The Morgan fingerprint density at radius 1 is 1.21 bits per heavy atom. The molecule has 4 rings (SSSR count). The lowest BCUT2D eigenvalue weighted by atomic mass is 10.1. The number of piperidine rings is 1. The number of anilines is 1. The normalized spacial score (nSPS) is 25.8. The van der Waals surface area contributed by atoms with Crippen molar-refractivity contribution in [3.63, 3.8) is 0 Å². The zero-order valence-corrected chi connectivity index (χ0v) is 14.1. The summed E-state index contributed by atoms with van der Waals surface area (Å²) >= 11 is 0. The first kappa shape index (κ1) is 15.3. The minimum atomic E-state index is 0.312. The highest BCUT2D eigenvalue weighted by Gasteiger charge is 2.44. The van der Waals surface area contributed by atoms with Crippen molar-refractivity contribution in [3.8, 4) is 22.8 Å². The van der Waals surface area contributed by atoms with Gasteiger partial charge in [0, 0.05) is 36.6 Å². The number of nitrogen functional groups attached to an aromatic ring is 1. The molecule has 0 radical (unpaired) electrons. The molecule has 1 saturated heterocycles. The van der Waals surface area contributed by atoms with Gasteiger partial charge in [-0.1, -0.05) is 6.07 Å². The van der Waals surface area contributed by atoms with Gasteiger partial charge in [0.25, 0.3) is 0 Å². The van der Waals surface area contributed by atoms with E-state index in [9.17, 15) is 0 Å². The molecule has 2 fully saturated rings. The number of nitrogens with two attached hydrogens (primary N) is 1. The molecule has 2 aromatic rings. The van der Waals surface area contributed by atoms with E-state index in [1.54, 1.807) is 13.2 Å². The van der Waals surface area contributed by atoms with E-state index >= 15 is 0 Å². The van der Waals surface area contributed by atoms with Crippen LogP contribution in [-0.2, 0) is 0 Å². The molecule has 2 heterocycles.